The fourth-order valence-electron chi connectivity index (χ4n) is 3.90. The molecule has 3 N–H and O–H groups in total. The third-order valence-corrected chi connectivity index (χ3v) is 5.99. The van der Waals surface area contributed by atoms with Crippen molar-refractivity contribution in [3.63, 3.8) is 0 Å². The molecule has 20 heteroatoms. The summed E-state index contributed by atoms with van der Waals surface area (Å²) in [7, 11) is 2.80. The molecule has 0 radical (unpaired) electrons. The van der Waals surface area contributed by atoms with E-state index in [0.717, 1.165) is 0 Å². The van der Waals surface area contributed by atoms with E-state index in [4.69, 9.17) is 9.90 Å². The zero-order valence-corrected chi connectivity index (χ0v) is 22.4. The van der Waals surface area contributed by atoms with Crippen LogP contribution in [0.1, 0.15) is 52.7 Å². The van der Waals surface area contributed by atoms with Crippen LogP contribution in [0.15, 0.2) is 24.4 Å². The molecule has 1 fully saturated rings. The molecule has 3 rings (SSSR count). The first-order valence-electron chi connectivity index (χ1n) is 12.2. The average molecular weight is 657 g/mol. The Bertz CT molecular complexity index is 1280. The summed E-state index contributed by atoms with van der Waals surface area (Å²) in [4.78, 5) is 30.2. The zero-order chi connectivity index (χ0) is 33.8. The van der Waals surface area contributed by atoms with E-state index in [-0.39, 0.29) is 23.9 Å². The van der Waals surface area contributed by atoms with Crippen molar-refractivity contribution in [3.05, 3.63) is 46.6 Å². The van der Waals surface area contributed by atoms with Crippen LogP contribution in [-0.2, 0) is 23.3 Å². The Morgan fingerprint density at radius 2 is 1.25 bits per heavy atom. The number of carbonyl (C=O) groups is 2. The Labute approximate surface area is 240 Å². The predicted octanol–water partition coefficient (Wildman–Crippen LogP) is 6.39. The van der Waals surface area contributed by atoms with Gasteiger partial charge in [-0.05, 0) is 43.9 Å². The van der Waals surface area contributed by atoms with Crippen molar-refractivity contribution >= 4 is 23.6 Å². The van der Waals surface area contributed by atoms with Gasteiger partial charge in [0.15, 0.2) is 0 Å². The number of carbonyl (C=O) groups excluding carboxylic acids is 1. The molecule has 1 saturated carbocycles. The van der Waals surface area contributed by atoms with Crippen molar-refractivity contribution in [3.8, 4) is 0 Å². The van der Waals surface area contributed by atoms with Crippen LogP contribution in [0.5, 0.6) is 0 Å². The summed E-state index contributed by atoms with van der Waals surface area (Å²) in [5.74, 6) is -4.19. The number of halogens is 12. The summed E-state index contributed by atoms with van der Waals surface area (Å²) in [6.07, 6.45) is -17.8. The second-order valence-electron chi connectivity index (χ2n) is 9.59. The molecule has 1 aliphatic carbocycles. The number of alkyl halides is 12. The number of aromatic nitrogens is 2. The molecule has 1 heterocycles. The maximum atomic E-state index is 13.2. The highest BCUT2D eigenvalue weighted by Gasteiger charge is 2.39. The van der Waals surface area contributed by atoms with Gasteiger partial charge in [0.05, 0.1) is 11.1 Å². The summed E-state index contributed by atoms with van der Waals surface area (Å²) >= 11 is 0. The zero-order valence-electron chi connectivity index (χ0n) is 22.4. The van der Waals surface area contributed by atoms with Crippen molar-refractivity contribution in [1.29, 1.82) is 0 Å². The minimum atomic E-state index is -5.08. The molecule has 2 aromatic rings. The molecule has 44 heavy (non-hydrogen) atoms. The summed E-state index contributed by atoms with van der Waals surface area (Å²) in [5.41, 5.74) is -4.95. The van der Waals surface area contributed by atoms with Gasteiger partial charge < -0.3 is 20.6 Å². The highest BCUT2D eigenvalue weighted by molar-refractivity contribution is 5.94. The van der Waals surface area contributed by atoms with Gasteiger partial charge >= 0.3 is 30.7 Å². The van der Waals surface area contributed by atoms with Crippen LogP contribution in [0, 0.1) is 0 Å². The summed E-state index contributed by atoms with van der Waals surface area (Å²) < 4.78 is 150. The number of aliphatic carboxylic acids is 1. The fourth-order valence-corrected chi connectivity index (χ4v) is 3.90. The van der Waals surface area contributed by atoms with Gasteiger partial charge in [-0.1, -0.05) is 0 Å². The lowest BCUT2D eigenvalue weighted by Gasteiger charge is -2.30. The SMILES string of the molecule is CN(C)c1nc(NC2CCC(NC(=O)c3cc(C(F)(F)F)cc(C(F)(F)F)c3)CC2)ncc1C(F)(F)F.O=C(O)C(F)(F)F. The van der Waals surface area contributed by atoms with Crippen molar-refractivity contribution in [2.45, 2.75) is 62.5 Å². The lowest BCUT2D eigenvalue weighted by atomic mass is 9.91. The minimum absolute atomic E-state index is 0.0344. The second-order valence-corrected chi connectivity index (χ2v) is 9.59. The number of nitrogens with zero attached hydrogens (tertiary/aromatic N) is 3. The number of anilines is 2. The van der Waals surface area contributed by atoms with Crippen LogP contribution in [-0.4, -0.2) is 59.3 Å². The normalized spacial score (nSPS) is 17.7. The summed E-state index contributed by atoms with van der Waals surface area (Å²) in [6.45, 7) is 0. The molecule has 0 atom stereocenters. The van der Waals surface area contributed by atoms with E-state index in [9.17, 15) is 57.5 Å². The van der Waals surface area contributed by atoms with E-state index in [2.05, 4.69) is 20.6 Å². The third-order valence-electron chi connectivity index (χ3n) is 5.99. The Morgan fingerprint density at radius 3 is 1.64 bits per heavy atom. The summed E-state index contributed by atoms with van der Waals surface area (Å²) in [6, 6.07) is -0.131. The number of rotatable bonds is 5. The lowest BCUT2D eigenvalue weighted by molar-refractivity contribution is -0.192. The first-order valence-corrected chi connectivity index (χ1v) is 12.2. The Hall–Kier alpha value is -4.00. The molecule has 0 bridgehead atoms. The van der Waals surface area contributed by atoms with Crippen molar-refractivity contribution < 1.29 is 67.4 Å². The van der Waals surface area contributed by atoms with E-state index in [1.807, 2.05) is 0 Å². The number of carboxylic acids is 1. The predicted molar refractivity (Wildman–Crippen MR) is 129 cm³/mol. The van der Waals surface area contributed by atoms with E-state index < -0.39 is 64.9 Å². The van der Waals surface area contributed by atoms with Crippen LogP contribution < -0.4 is 15.5 Å². The smallest absolute Gasteiger partial charge is 0.475 e. The van der Waals surface area contributed by atoms with Gasteiger partial charge in [-0.25, -0.2) is 9.78 Å². The van der Waals surface area contributed by atoms with E-state index >= 15 is 0 Å². The van der Waals surface area contributed by atoms with Gasteiger partial charge in [0.2, 0.25) is 5.95 Å². The van der Waals surface area contributed by atoms with Gasteiger partial charge in [0.25, 0.3) is 5.91 Å². The molecule has 0 saturated heterocycles. The molecule has 1 aromatic carbocycles. The largest absolute Gasteiger partial charge is 0.490 e. The Balaban J connectivity index is 0.000000860. The Kier molecular flexibility index (Phi) is 11.0. The van der Waals surface area contributed by atoms with E-state index in [0.29, 0.717) is 44.0 Å². The number of hydrogen-bond donors (Lipinski definition) is 3. The van der Waals surface area contributed by atoms with Gasteiger partial charge in [0.1, 0.15) is 11.4 Å². The number of nitrogens with one attached hydrogen (secondary N) is 2. The van der Waals surface area contributed by atoms with Crippen molar-refractivity contribution in [2.24, 2.45) is 0 Å². The summed E-state index contributed by atoms with van der Waals surface area (Å²) in [5, 5.41) is 12.5. The van der Waals surface area contributed by atoms with E-state index in [1.54, 1.807) is 0 Å². The standard InChI is InChI=1S/C22H22F9N5O.C2HF3O2/c1-36(2)17-16(22(29,30)31)10-32-19(35-17)34-15-5-3-14(4-6-15)33-18(37)11-7-12(20(23,24)25)9-13(8-11)21(26,27)28;3-2(4,5)1(6)7/h7-10,14-15H,3-6H2,1-2H3,(H,33,37)(H,32,34,35);(H,6,7). The van der Waals surface area contributed by atoms with Crippen LogP contribution in [0.2, 0.25) is 0 Å². The van der Waals surface area contributed by atoms with E-state index in [1.165, 1.54) is 19.0 Å². The van der Waals surface area contributed by atoms with Crippen LogP contribution in [0.4, 0.5) is 64.5 Å². The van der Waals surface area contributed by atoms with Crippen molar-refractivity contribution in [1.82, 2.24) is 15.3 Å². The van der Waals surface area contributed by atoms with Crippen LogP contribution in [0.3, 0.4) is 0 Å². The first-order chi connectivity index (χ1) is 19.9. The quantitative estimate of drug-likeness (QED) is 0.320. The lowest BCUT2D eigenvalue weighted by Crippen LogP contribution is -2.40. The molecular weight excluding hydrogens is 634 g/mol. The van der Waals surface area contributed by atoms with Gasteiger partial charge in [-0.3, -0.25) is 4.79 Å². The van der Waals surface area contributed by atoms with Gasteiger partial charge in [-0.15, -0.1) is 0 Å². The molecule has 0 aliphatic heterocycles. The third kappa shape index (κ3) is 10.3. The molecular formula is C24H23F12N5O3. The number of hydrogen-bond acceptors (Lipinski definition) is 6. The molecule has 1 aromatic heterocycles. The molecule has 8 nitrogen and oxygen atoms in total. The number of carboxylic acid groups (broad SMARTS) is 1. The second kappa shape index (κ2) is 13.3. The van der Waals surface area contributed by atoms with Gasteiger partial charge in [-0.2, -0.15) is 57.7 Å². The topological polar surface area (TPSA) is 107 Å². The highest BCUT2D eigenvalue weighted by atomic mass is 19.4. The highest BCUT2D eigenvalue weighted by Crippen LogP contribution is 2.37. The molecule has 246 valence electrons. The average Bonchev–Trinajstić information content (AvgIpc) is 2.87. The first kappa shape index (κ1) is 36.2. The monoisotopic (exact) mass is 657 g/mol. The molecule has 1 amide bonds. The van der Waals surface area contributed by atoms with Crippen molar-refractivity contribution in [2.75, 3.05) is 24.3 Å². The molecule has 0 unspecified atom stereocenters. The fraction of sp³-hybridized carbons (Fsp3) is 0.500. The Morgan fingerprint density at radius 1 is 0.795 bits per heavy atom. The minimum Gasteiger partial charge on any atom is -0.475 e. The van der Waals surface area contributed by atoms with Crippen LogP contribution in [0.25, 0.3) is 0 Å². The van der Waals surface area contributed by atoms with Gasteiger partial charge in [0, 0.05) is 37.9 Å². The molecule has 1 aliphatic rings. The number of amides is 1. The maximum Gasteiger partial charge on any atom is 0.490 e. The maximum absolute atomic E-state index is 13.2. The van der Waals surface area contributed by atoms with Crippen LogP contribution >= 0.6 is 0 Å². The molecule has 0 spiro atoms. The number of benzene rings is 1.